The van der Waals surface area contributed by atoms with Crippen molar-refractivity contribution in [2.24, 2.45) is 0 Å². The van der Waals surface area contributed by atoms with Crippen LogP contribution in [0.1, 0.15) is 78.1 Å². The van der Waals surface area contributed by atoms with Crippen molar-refractivity contribution in [3.63, 3.8) is 0 Å². The molecule has 4 N–H and O–H groups in total. The summed E-state index contributed by atoms with van der Waals surface area (Å²) in [6, 6.07) is 8.12. The molecule has 43 heavy (non-hydrogen) atoms. The number of allylic oxidation sites excluding steroid dienone is 3. The normalized spacial score (nSPS) is 16.1. The number of aliphatic carboxylic acids is 2. The summed E-state index contributed by atoms with van der Waals surface area (Å²) in [5.74, 6) is -0.673. The quantitative estimate of drug-likeness (QED) is 0.199. The first-order chi connectivity index (χ1) is 20.5. The summed E-state index contributed by atoms with van der Waals surface area (Å²) in [5, 5.41) is 19.4. The summed E-state index contributed by atoms with van der Waals surface area (Å²) < 4.78 is 0. The molecule has 3 aliphatic rings. The summed E-state index contributed by atoms with van der Waals surface area (Å²) >= 11 is 1.91. The van der Waals surface area contributed by atoms with Crippen molar-refractivity contribution in [2.45, 2.75) is 58.6 Å². The van der Waals surface area contributed by atoms with Gasteiger partial charge in [0.05, 0.1) is 22.8 Å². The van der Waals surface area contributed by atoms with E-state index < -0.39 is 11.9 Å². The largest absolute Gasteiger partial charge is 0.481 e. The van der Waals surface area contributed by atoms with Gasteiger partial charge in [0, 0.05) is 51.5 Å². The van der Waals surface area contributed by atoms with Crippen molar-refractivity contribution in [1.29, 1.82) is 0 Å². The molecule has 3 aromatic rings. The summed E-state index contributed by atoms with van der Waals surface area (Å²) in [7, 11) is 0. The van der Waals surface area contributed by atoms with E-state index in [1.807, 2.05) is 49.9 Å². The minimum absolute atomic E-state index is 0.0123. The fourth-order valence-electron chi connectivity index (χ4n) is 6.13. The molecule has 6 rings (SSSR count). The van der Waals surface area contributed by atoms with Gasteiger partial charge in [-0.3, -0.25) is 9.59 Å². The van der Waals surface area contributed by atoms with Crippen molar-refractivity contribution >= 4 is 74.1 Å². The molecule has 3 aliphatic heterocycles. The van der Waals surface area contributed by atoms with Crippen LogP contribution in [0.2, 0.25) is 0 Å². The number of H-pyrrole nitrogens is 2. The SMILES string of the molecule is C=Cc1c(C)c2cc3nc(cc4nc(cc5[nH]c(cc1[nH]2)c(C)c5CCC(=O)O)C(CCC(=O)O)=C4C)C(C)=C3[C@H]1CS1. The van der Waals surface area contributed by atoms with E-state index in [2.05, 4.69) is 36.5 Å². The molecular formula is C34H34N4O4S. The van der Waals surface area contributed by atoms with Crippen molar-refractivity contribution in [3.05, 3.63) is 75.9 Å². The molecule has 6 heterocycles. The van der Waals surface area contributed by atoms with Crippen LogP contribution in [0.3, 0.4) is 0 Å². The first-order valence-electron chi connectivity index (χ1n) is 14.4. The highest BCUT2D eigenvalue weighted by molar-refractivity contribution is 8.07. The molecular weight excluding hydrogens is 560 g/mol. The Bertz CT molecular complexity index is 1960. The zero-order valence-electron chi connectivity index (χ0n) is 24.7. The second-order valence-electron chi connectivity index (χ2n) is 11.3. The Morgan fingerprint density at radius 2 is 1.44 bits per heavy atom. The molecule has 0 amide bonds. The van der Waals surface area contributed by atoms with Crippen LogP contribution in [0.4, 0.5) is 0 Å². The van der Waals surface area contributed by atoms with Gasteiger partial charge in [0.2, 0.25) is 0 Å². The zero-order valence-corrected chi connectivity index (χ0v) is 25.5. The number of carboxylic acid groups (broad SMARTS) is 2. The van der Waals surface area contributed by atoms with Crippen molar-refractivity contribution in [1.82, 2.24) is 19.9 Å². The number of carboxylic acids is 2. The van der Waals surface area contributed by atoms with Gasteiger partial charge in [0.15, 0.2) is 0 Å². The number of hydrogen-bond donors (Lipinski definition) is 4. The molecule has 8 bridgehead atoms. The maximum atomic E-state index is 11.6. The predicted octanol–water partition coefficient (Wildman–Crippen LogP) is 7.43. The average Bonchev–Trinajstić information content (AvgIpc) is 3.50. The first-order valence-corrected chi connectivity index (χ1v) is 15.4. The number of nitrogens with one attached hydrogen (secondary N) is 2. The van der Waals surface area contributed by atoms with Gasteiger partial charge >= 0.3 is 11.9 Å². The van der Waals surface area contributed by atoms with Crippen LogP contribution < -0.4 is 0 Å². The van der Waals surface area contributed by atoms with Crippen molar-refractivity contribution in [3.8, 4) is 0 Å². The monoisotopic (exact) mass is 594 g/mol. The van der Waals surface area contributed by atoms with E-state index in [1.54, 1.807) is 0 Å². The van der Waals surface area contributed by atoms with E-state index >= 15 is 0 Å². The molecule has 3 aromatic heterocycles. The first kappa shape index (κ1) is 28.7. The smallest absolute Gasteiger partial charge is 0.303 e. The molecule has 8 nitrogen and oxygen atoms in total. The Morgan fingerprint density at radius 3 is 2.12 bits per heavy atom. The Hall–Kier alpha value is -4.37. The van der Waals surface area contributed by atoms with E-state index in [1.165, 1.54) is 5.57 Å². The summed E-state index contributed by atoms with van der Waals surface area (Å²) in [6.45, 7) is 12.2. The Kier molecular flexibility index (Phi) is 7.38. The average molecular weight is 595 g/mol. The number of aromatic amines is 2. The van der Waals surface area contributed by atoms with Gasteiger partial charge in [0.25, 0.3) is 0 Å². The van der Waals surface area contributed by atoms with E-state index in [0.717, 1.165) is 83.9 Å². The second kappa shape index (κ2) is 11.0. The second-order valence-corrected chi connectivity index (χ2v) is 12.6. The van der Waals surface area contributed by atoms with Gasteiger partial charge in [-0.2, -0.15) is 11.8 Å². The maximum absolute atomic E-state index is 11.6. The molecule has 0 aliphatic carbocycles. The number of thioether (sulfide) groups is 1. The van der Waals surface area contributed by atoms with Gasteiger partial charge in [-0.1, -0.05) is 12.7 Å². The van der Waals surface area contributed by atoms with Crippen LogP contribution >= 0.6 is 11.8 Å². The summed E-state index contributed by atoms with van der Waals surface area (Å²) in [5.41, 5.74) is 14.8. The zero-order chi connectivity index (χ0) is 30.6. The molecule has 220 valence electrons. The highest BCUT2D eigenvalue weighted by Gasteiger charge is 2.33. The van der Waals surface area contributed by atoms with E-state index in [-0.39, 0.29) is 12.8 Å². The van der Waals surface area contributed by atoms with Gasteiger partial charge in [0.1, 0.15) is 0 Å². The molecule has 1 saturated heterocycles. The summed E-state index contributed by atoms with van der Waals surface area (Å²) in [4.78, 5) is 40.4. The van der Waals surface area contributed by atoms with Gasteiger partial charge in [-0.15, -0.1) is 0 Å². The van der Waals surface area contributed by atoms with E-state index in [4.69, 9.17) is 9.97 Å². The highest BCUT2D eigenvalue weighted by Crippen LogP contribution is 2.47. The van der Waals surface area contributed by atoms with Crippen molar-refractivity contribution in [2.75, 3.05) is 5.75 Å². The van der Waals surface area contributed by atoms with Crippen LogP contribution in [0.15, 0.2) is 30.8 Å². The van der Waals surface area contributed by atoms with Crippen LogP contribution in [-0.4, -0.2) is 53.1 Å². The van der Waals surface area contributed by atoms with E-state index in [0.29, 0.717) is 23.8 Å². The molecule has 0 radical (unpaired) electrons. The van der Waals surface area contributed by atoms with Gasteiger partial charge in [-0.25, -0.2) is 9.97 Å². The minimum atomic E-state index is -0.871. The third kappa shape index (κ3) is 5.33. The maximum Gasteiger partial charge on any atom is 0.303 e. The lowest BCUT2D eigenvalue weighted by Crippen LogP contribution is -1.98. The van der Waals surface area contributed by atoms with Crippen LogP contribution in [0.25, 0.3) is 50.4 Å². The lowest BCUT2D eigenvalue weighted by Gasteiger charge is -2.03. The number of carbonyl (C=O) groups is 2. The lowest BCUT2D eigenvalue weighted by molar-refractivity contribution is -0.137. The number of rotatable bonds is 8. The van der Waals surface area contributed by atoms with Crippen LogP contribution in [-0.2, 0) is 16.0 Å². The number of nitrogens with zero attached hydrogens (tertiary/aromatic N) is 2. The van der Waals surface area contributed by atoms with E-state index in [9.17, 15) is 19.8 Å². The Labute approximate surface area is 253 Å². The fraction of sp³-hybridized carbons (Fsp3) is 0.294. The molecule has 1 fully saturated rings. The number of aryl methyl sites for hydroxylation is 3. The molecule has 1 atom stereocenters. The molecule has 0 unspecified atom stereocenters. The third-order valence-corrected chi connectivity index (χ3v) is 9.57. The third-order valence-electron chi connectivity index (χ3n) is 8.67. The Morgan fingerprint density at radius 1 is 0.837 bits per heavy atom. The van der Waals surface area contributed by atoms with Crippen LogP contribution in [0, 0.1) is 13.8 Å². The minimum Gasteiger partial charge on any atom is -0.481 e. The molecule has 0 aromatic carbocycles. The molecule has 0 spiro atoms. The Balaban J connectivity index is 1.73. The summed E-state index contributed by atoms with van der Waals surface area (Å²) in [6.07, 6.45) is 2.50. The lowest BCUT2D eigenvalue weighted by atomic mass is 9.99. The topological polar surface area (TPSA) is 132 Å². The van der Waals surface area contributed by atoms with Gasteiger partial charge < -0.3 is 20.2 Å². The number of aromatic nitrogens is 4. The number of fused-ring (bicyclic) bond motifs is 8. The standard InChI is InChI=1S/C34H34N4O4S/c1-6-20-16(2)25-13-30-34(31-15-43-31)19(5)26(38-30)11-23-17(3)21(7-9-32(39)40)28(36-23)14-29-22(8-10-33(41)42)18(4)24(37-29)12-27(20)35-25/h6,11-14,31,35,37H,1,7-10,15H2,2-5H3,(H,39,40)(H,41,42)/t31-/m1/s1. The molecule has 0 saturated carbocycles. The van der Waals surface area contributed by atoms with Crippen LogP contribution in [0.5, 0.6) is 0 Å². The molecule has 9 heteroatoms. The highest BCUT2D eigenvalue weighted by atomic mass is 32.2. The fourth-order valence-corrected chi connectivity index (χ4v) is 6.86. The predicted molar refractivity (Wildman–Crippen MR) is 175 cm³/mol. The van der Waals surface area contributed by atoms with Gasteiger partial charge in [-0.05, 0) is 104 Å². The number of hydrogen-bond acceptors (Lipinski definition) is 5. The van der Waals surface area contributed by atoms with Crippen molar-refractivity contribution < 1.29 is 19.8 Å².